The highest BCUT2D eigenvalue weighted by molar-refractivity contribution is 6.13. The van der Waals surface area contributed by atoms with Gasteiger partial charge in [0.25, 0.3) is 5.91 Å². The maximum Gasteiger partial charge on any atom is 0.329 e. The second-order valence-corrected chi connectivity index (χ2v) is 6.70. The second-order valence-electron chi connectivity index (χ2n) is 6.70. The molecule has 0 radical (unpaired) electrons. The van der Waals surface area contributed by atoms with Crippen molar-refractivity contribution in [1.29, 1.82) is 0 Å². The summed E-state index contributed by atoms with van der Waals surface area (Å²) in [6.45, 7) is 3.24. The van der Waals surface area contributed by atoms with Crippen LogP contribution in [0.1, 0.15) is 11.1 Å². The van der Waals surface area contributed by atoms with Crippen LogP contribution in [0.4, 0.5) is 14.9 Å². The molecule has 2 aromatic rings. The van der Waals surface area contributed by atoms with Crippen LogP contribution in [0.25, 0.3) is 6.08 Å². The Morgan fingerprint density at radius 3 is 2.36 bits per heavy atom. The minimum Gasteiger partial charge on any atom is -0.378 e. The Kier molecular flexibility index (Phi) is 5.08. The number of halogens is 1. The summed E-state index contributed by atoms with van der Waals surface area (Å²) in [7, 11) is 0. The maximum absolute atomic E-state index is 13.0. The van der Waals surface area contributed by atoms with Crippen molar-refractivity contribution in [3.63, 3.8) is 0 Å². The summed E-state index contributed by atoms with van der Waals surface area (Å²) >= 11 is 0. The number of anilines is 1. The number of carbonyl (C=O) groups is 2. The SMILES string of the molecule is O=C1NC(=Cc2ccc(N3CCOCC3)cc2)C(=O)N1Cc1ccc(F)cc1. The van der Waals surface area contributed by atoms with E-state index in [4.69, 9.17) is 4.74 Å². The van der Waals surface area contributed by atoms with Crippen molar-refractivity contribution in [2.24, 2.45) is 0 Å². The standard InChI is InChI=1S/C21H20FN3O3/c22-17-5-1-16(2-6-17)14-25-20(26)19(23-21(25)27)13-15-3-7-18(8-4-15)24-9-11-28-12-10-24/h1-8,13H,9-12,14H2,(H,23,27). The number of morpholine rings is 1. The van der Waals surface area contributed by atoms with Crippen LogP contribution in [-0.4, -0.2) is 43.1 Å². The molecule has 0 bridgehead atoms. The topological polar surface area (TPSA) is 61.9 Å². The molecule has 0 aliphatic carbocycles. The van der Waals surface area contributed by atoms with Crippen molar-refractivity contribution < 1.29 is 18.7 Å². The Morgan fingerprint density at radius 1 is 1.00 bits per heavy atom. The summed E-state index contributed by atoms with van der Waals surface area (Å²) in [6.07, 6.45) is 1.66. The monoisotopic (exact) mass is 381 g/mol. The highest BCUT2D eigenvalue weighted by Gasteiger charge is 2.33. The average Bonchev–Trinajstić information content (AvgIpc) is 2.98. The zero-order chi connectivity index (χ0) is 19.5. The van der Waals surface area contributed by atoms with Gasteiger partial charge in [0.2, 0.25) is 0 Å². The van der Waals surface area contributed by atoms with Gasteiger partial charge in [-0.05, 0) is 41.5 Å². The second kappa shape index (κ2) is 7.82. The van der Waals surface area contributed by atoms with Crippen LogP contribution < -0.4 is 10.2 Å². The number of rotatable bonds is 4. The molecule has 0 saturated carbocycles. The normalized spacial score (nSPS) is 18.7. The third-order valence-corrected chi connectivity index (χ3v) is 4.80. The number of benzene rings is 2. The fourth-order valence-electron chi connectivity index (χ4n) is 3.26. The molecule has 144 valence electrons. The summed E-state index contributed by atoms with van der Waals surface area (Å²) in [5.41, 5.74) is 2.83. The van der Waals surface area contributed by atoms with Crippen LogP contribution in [0.5, 0.6) is 0 Å². The summed E-state index contributed by atoms with van der Waals surface area (Å²) in [5.74, 6) is -0.756. The van der Waals surface area contributed by atoms with Crippen molar-refractivity contribution in [2.75, 3.05) is 31.2 Å². The van der Waals surface area contributed by atoms with Gasteiger partial charge >= 0.3 is 6.03 Å². The van der Waals surface area contributed by atoms with Crippen LogP contribution in [-0.2, 0) is 16.1 Å². The first-order valence-corrected chi connectivity index (χ1v) is 9.12. The molecule has 2 aromatic carbocycles. The lowest BCUT2D eigenvalue weighted by molar-refractivity contribution is -0.123. The zero-order valence-electron chi connectivity index (χ0n) is 15.2. The molecular weight excluding hydrogens is 361 g/mol. The molecule has 0 unspecified atom stereocenters. The van der Waals surface area contributed by atoms with Crippen molar-refractivity contribution in [3.05, 3.63) is 71.2 Å². The van der Waals surface area contributed by atoms with Gasteiger partial charge in [-0.2, -0.15) is 0 Å². The Bertz CT molecular complexity index is 903. The fraction of sp³-hybridized carbons (Fsp3) is 0.238. The minimum atomic E-state index is -0.481. The van der Waals surface area contributed by atoms with E-state index >= 15 is 0 Å². The van der Waals surface area contributed by atoms with E-state index in [1.54, 1.807) is 18.2 Å². The first kappa shape index (κ1) is 18.2. The first-order valence-electron chi connectivity index (χ1n) is 9.12. The summed E-state index contributed by atoms with van der Waals surface area (Å²) in [6, 6.07) is 13.1. The van der Waals surface area contributed by atoms with Crippen molar-refractivity contribution in [1.82, 2.24) is 10.2 Å². The predicted octanol–water partition coefficient (Wildman–Crippen LogP) is 2.76. The van der Waals surface area contributed by atoms with E-state index in [1.165, 1.54) is 12.1 Å². The molecule has 7 heteroatoms. The Hall–Kier alpha value is -3.19. The van der Waals surface area contributed by atoms with E-state index in [0.29, 0.717) is 5.56 Å². The molecular formula is C21H20FN3O3. The lowest BCUT2D eigenvalue weighted by Gasteiger charge is -2.28. The number of nitrogens with one attached hydrogen (secondary N) is 1. The summed E-state index contributed by atoms with van der Waals surface area (Å²) < 4.78 is 18.4. The fourth-order valence-corrected chi connectivity index (χ4v) is 3.26. The minimum absolute atomic E-state index is 0.0955. The number of amides is 3. The summed E-state index contributed by atoms with van der Waals surface area (Å²) in [4.78, 5) is 28.1. The quantitative estimate of drug-likeness (QED) is 0.654. The van der Waals surface area contributed by atoms with E-state index in [2.05, 4.69) is 10.2 Å². The van der Waals surface area contributed by atoms with Gasteiger partial charge in [-0.15, -0.1) is 0 Å². The largest absolute Gasteiger partial charge is 0.378 e. The number of imide groups is 1. The molecule has 0 aromatic heterocycles. The van der Waals surface area contributed by atoms with E-state index in [0.717, 1.165) is 42.5 Å². The maximum atomic E-state index is 13.0. The van der Waals surface area contributed by atoms with E-state index in [9.17, 15) is 14.0 Å². The molecule has 2 heterocycles. The van der Waals surface area contributed by atoms with Crippen molar-refractivity contribution >= 4 is 23.7 Å². The highest BCUT2D eigenvalue weighted by atomic mass is 19.1. The van der Waals surface area contributed by atoms with Crippen LogP contribution >= 0.6 is 0 Å². The van der Waals surface area contributed by atoms with Gasteiger partial charge in [0.1, 0.15) is 11.5 Å². The molecule has 2 saturated heterocycles. The predicted molar refractivity (Wildman–Crippen MR) is 103 cm³/mol. The van der Waals surface area contributed by atoms with E-state index in [-0.39, 0.29) is 18.1 Å². The number of hydrogen-bond acceptors (Lipinski definition) is 4. The van der Waals surface area contributed by atoms with Gasteiger partial charge in [0.15, 0.2) is 0 Å². The molecule has 1 N–H and O–H groups in total. The molecule has 2 aliphatic heterocycles. The third-order valence-electron chi connectivity index (χ3n) is 4.80. The molecule has 0 atom stereocenters. The molecule has 6 nitrogen and oxygen atoms in total. The summed E-state index contributed by atoms with van der Waals surface area (Å²) in [5, 5.41) is 2.61. The first-order chi connectivity index (χ1) is 13.6. The zero-order valence-corrected chi connectivity index (χ0v) is 15.2. The van der Waals surface area contributed by atoms with Gasteiger partial charge < -0.3 is 15.0 Å². The van der Waals surface area contributed by atoms with Crippen LogP contribution in [0.15, 0.2) is 54.2 Å². The van der Waals surface area contributed by atoms with Gasteiger partial charge in [-0.25, -0.2) is 9.18 Å². The molecule has 28 heavy (non-hydrogen) atoms. The molecule has 0 spiro atoms. The van der Waals surface area contributed by atoms with Crippen molar-refractivity contribution in [2.45, 2.75) is 6.54 Å². The number of carbonyl (C=O) groups excluding carboxylic acids is 2. The lowest BCUT2D eigenvalue weighted by atomic mass is 10.1. The Labute approximate surface area is 162 Å². The van der Waals surface area contributed by atoms with Crippen LogP contribution in [0, 0.1) is 5.82 Å². The number of nitrogens with zero attached hydrogens (tertiary/aromatic N) is 2. The molecule has 2 aliphatic rings. The van der Waals surface area contributed by atoms with Gasteiger partial charge in [0.05, 0.1) is 19.8 Å². The number of ether oxygens (including phenoxy) is 1. The molecule has 2 fully saturated rings. The van der Waals surface area contributed by atoms with Crippen molar-refractivity contribution in [3.8, 4) is 0 Å². The average molecular weight is 381 g/mol. The highest BCUT2D eigenvalue weighted by Crippen LogP contribution is 2.20. The van der Waals surface area contributed by atoms with Gasteiger partial charge in [-0.1, -0.05) is 24.3 Å². The van der Waals surface area contributed by atoms with E-state index < -0.39 is 11.9 Å². The Balaban J connectivity index is 1.46. The van der Waals surface area contributed by atoms with Crippen LogP contribution in [0.2, 0.25) is 0 Å². The van der Waals surface area contributed by atoms with Gasteiger partial charge in [-0.3, -0.25) is 9.69 Å². The third kappa shape index (κ3) is 3.89. The van der Waals surface area contributed by atoms with Gasteiger partial charge in [0, 0.05) is 18.8 Å². The van der Waals surface area contributed by atoms with Crippen LogP contribution in [0.3, 0.4) is 0 Å². The smallest absolute Gasteiger partial charge is 0.329 e. The van der Waals surface area contributed by atoms with E-state index in [1.807, 2.05) is 24.3 Å². The Morgan fingerprint density at radius 2 is 1.68 bits per heavy atom. The number of urea groups is 1. The molecule has 3 amide bonds. The molecule has 4 rings (SSSR count). The number of hydrogen-bond donors (Lipinski definition) is 1. The lowest BCUT2D eigenvalue weighted by Crippen LogP contribution is -2.36.